The maximum atomic E-state index is 13.5. The van der Waals surface area contributed by atoms with Crippen molar-refractivity contribution >= 4 is 17.4 Å². The number of carbonyl (C=O) groups excluding carboxylic acids is 2. The number of benzene rings is 2. The summed E-state index contributed by atoms with van der Waals surface area (Å²) in [6.07, 6.45) is 2.09. The Morgan fingerprint density at radius 3 is 2.24 bits per heavy atom. The number of nitrogens with zero attached hydrogens (tertiary/aromatic N) is 2. The molecule has 2 aliphatic heterocycles. The van der Waals surface area contributed by atoms with Gasteiger partial charge in [0.05, 0.1) is 12.1 Å². The molecule has 0 unspecified atom stereocenters. The van der Waals surface area contributed by atoms with Gasteiger partial charge in [0.25, 0.3) is 11.8 Å². The molecule has 29 heavy (non-hydrogen) atoms. The summed E-state index contributed by atoms with van der Waals surface area (Å²) in [5, 5.41) is 0. The molecule has 4 heteroatoms. The van der Waals surface area contributed by atoms with Gasteiger partial charge in [0.15, 0.2) is 0 Å². The predicted molar refractivity (Wildman–Crippen MR) is 115 cm³/mol. The van der Waals surface area contributed by atoms with Gasteiger partial charge in [-0.3, -0.25) is 14.5 Å². The Morgan fingerprint density at radius 1 is 0.897 bits per heavy atom. The molecule has 2 aromatic rings. The summed E-state index contributed by atoms with van der Waals surface area (Å²) in [4.78, 5) is 30.4. The largest absolute Gasteiger partial charge is 0.366 e. The molecule has 2 amide bonds. The Kier molecular flexibility index (Phi) is 5.27. The molecule has 0 radical (unpaired) electrons. The van der Waals surface area contributed by atoms with Crippen LogP contribution in [0.25, 0.3) is 5.57 Å². The highest BCUT2D eigenvalue weighted by Crippen LogP contribution is 2.35. The van der Waals surface area contributed by atoms with Crippen LogP contribution in [0, 0.1) is 19.8 Å². The van der Waals surface area contributed by atoms with Crippen molar-refractivity contribution < 1.29 is 9.59 Å². The highest BCUT2D eigenvalue weighted by atomic mass is 16.2. The van der Waals surface area contributed by atoms with E-state index in [0.717, 1.165) is 42.6 Å². The lowest BCUT2D eigenvalue weighted by Crippen LogP contribution is -2.38. The molecule has 1 saturated heterocycles. The monoisotopic (exact) mass is 388 g/mol. The first kappa shape index (κ1) is 19.4. The van der Waals surface area contributed by atoms with Crippen molar-refractivity contribution in [3.63, 3.8) is 0 Å². The lowest BCUT2D eigenvalue weighted by atomic mass is 9.96. The second-order valence-corrected chi connectivity index (χ2v) is 8.37. The zero-order valence-corrected chi connectivity index (χ0v) is 17.4. The Morgan fingerprint density at radius 2 is 1.59 bits per heavy atom. The normalized spacial score (nSPS) is 18.2. The van der Waals surface area contributed by atoms with Gasteiger partial charge in [0.1, 0.15) is 5.70 Å². The number of aryl methyl sites for hydroxylation is 2. The number of imide groups is 1. The van der Waals surface area contributed by atoms with Crippen LogP contribution in [0.5, 0.6) is 0 Å². The van der Waals surface area contributed by atoms with Crippen molar-refractivity contribution in [3.05, 3.63) is 76.5 Å². The van der Waals surface area contributed by atoms with Crippen molar-refractivity contribution in [1.82, 2.24) is 9.80 Å². The topological polar surface area (TPSA) is 40.6 Å². The summed E-state index contributed by atoms with van der Waals surface area (Å²) in [6.45, 7) is 8.31. The first-order chi connectivity index (χ1) is 14.0. The van der Waals surface area contributed by atoms with Gasteiger partial charge in [-0.05, 0) is 54.9 Å². The van der Waals surface area contributed by atoms with Crippen LogP contribution >= 0.6 is 0 Å². The van der Waals surface area contributed by atoms with Gasteiger partial charge in [-0.1, -0.05) is 55.5 Å². The molecule has 0 atom stereocenters. The van der Waals surface area contributed by atoms with E-state index < -0.39 is 0 Å². The predicted octanol–water partition coefficient (Wildman–Crippen LogP) is 4.32. The number of amides is 2. The molecule has 4 nitrogen and oxygen atoms in total. The van der Waals surface area contributed by atoms with Gasteiger partial charge in [-0.2, -0.15) is 0 Å². The van der Waals surface area contributed by atoms with E-state index in [-0.39, 0.29) is 11.8 Å². The van der Waals surface area contributed by atoms with Gasteiger partial charge in [-0.15, -0.1) is 0 Å². The first-order valence-electron chi connectivity index (χ1n) is 10.4. The van der Waals surface area contributed by atoms with Crippen LogP contribution in [0.1, 0.15) is 42.0 Å². The number of hydrogen-bond donors (Lipinski definition) is 0. The summed E-state index contributed by atoms with van der Waals surface area (Å²) in [6, 6.07) is 15.8. The maximum absolute atomic E-state index is 13.5. The second-order valence-electron chi connectivity index (χ2n) is 8.37. The Labute approximate surface area is 172 Å². The smallest absolute Gasteiger partial charge is 0.278 e. The average Bonchev–Trinajstić information content (AvgIpc) is 2.96. The molecule has 2 aromatic carbocycles. The maximum Gasteiger partial charge on any atom is 0.278 e. The fourth-order valence-corrected chi connectivity index (χ4v) is 4.16. The molecule has 0 spiro atoms. The molecular formula is C25H28N2O2. The SMILES string of the molecule is Cc1ccc(C2=C(N3CCC(C)CC3)C(=O)N(Cc3ccccc3)C2=O)cc1C. The second kappa shape index (κ2) is 7.86. The molecule has 0 saturated carbocycles. The van der Waals surface area contributed by atoms with Crippen LogP contribution in [0.2, 0.25) is 0 Å². The quantitative estimate of drug-likeness (QED) is 0.733. The fraction of sp³-hybridized carbons (Fsp3) is 0.360. The van der Waals surface area contributed by atoms with Gasteiger partial charge in [0, 0.05) is 13.1 Å². The third kappa shape index (κ3) is 3.71. The zero-order valence-electron chi connectivity index (χ0n) is 17.4. The summed E-state index contributed by atoms with van der Waals surface area (Å²) >= 11 is 0. The minimum absolute atomic E-state index is 0.165. The van der Waals surface area contributed by atoms with Crippen molar-refractivity contribution in [2.45, 2.75) is 40.2 Å². The van der Waals surface area contributed by atoms with Gasteiger partial charge in [0.2, 0.25) is 0 Å². The van der Waals surface area contributed by atoms with Crippen LogP contribution < -0.4 is 0 Å². The van der Waals surface area contributed by atoms with E-state index in [4.69, 9.17) is 0 Å². The van der Waals surface area contributed by atoms with Crippen molar-refractivity contribution in [3.8, 4) is 0 Å². The Hall–Kier alpha value is -2.88. The fourth-order valence-electron chi connectivity index (χ4n) is 4.16. The summed E-state index contributed by atoms with van der Waals surface area (Å²) in [5.41, 5.74) is 5.26. The standard InChI is InChI=1S/C25H28N2O2/c1-17-11-13-26(14-12-17)23-22(21-10-9-18(2)19(3)15-21)24(28)27(25(23)29)16-20-7-5-4-6-8-20/h4-10,15,17H,11-14,16H2,1-3H3. The molecule has 4 rings (SSSR count). The van der Waals surface area contributed by atoms with Crippen LogP contribution in [-0.2, 0) is 16.1 Å². The highest BCUT2D eigenvalue weighted by molar-refractivity contribution is 6.35. The van der Waals surface area contributed by atoms with Crippen LogP contribution in [0.4, 0.5) is 0 Å². The lowest BCUT2D eigenvalue weighted by Gasteiger charge is -2.32. The van der Waals surface area contributed by atoms with Crippen LogP contribution in [-0.4, -0.2) is 34.7 Å². The Bertz CT molecular complexity index is 970. The van der Waals surface area contributed by atoms with Gasteiger partial charge in [-0.25, -0.2) is 0 Å². The lowest BCUT2D eigenvalue weighted by molar-refractivity contribution is -0.138. The minimum atomic E-state index is -0.185. The van der Waals surface area contributed by atoms with E-state index >= 15 is 0 Å². The van der Waals surface area contributed by atoms with Crippen molar-refractivity contribution in [1.29, 1.82) is 0 Å². The van der Waals surface area contributed by atoms with E-state index in [1.807, 2.05) is 55.5 Å². The summed E-state index contributed by atoms with van der Waals surface area (Å²) in [7, 11) is 0. The number of rotatable bonds is 4. The summed E-state index contributed by atoms with van der Waals surface area (Å²) < 4.78 is 0. The summed E-state index contributed by atoms with van der Waals surface area (Å²) in [5.74, 6) is 0.307. The Balaban J connectivity index is 1.75. The highest BCUT2D eigenvalue weighted by Gasteiger charge is 2.42. The van der Waals surface area contributed by atoms with Gasteiger partial charge >= 0.3 is 0 Å². The number of likely N-dealkylation sites (tertiary alicyclic amines) is 1. The van der Waals surface area contributed by atoms with E-state index in [1.54, 1.807) is 0 Å². The molecule has 2 aliphatic rings. The molecule has 150 valence electrons. The third-order valence-corrected chi connectivity index (χ3v) is 6.22. The zero-order chi connectivity index (χ0) is 20.5. The van der Waals surface area contributed by atoms with E-state index in [0.29, 0.717) is 23.7 Å². The van der Waals surface area contributed by atoms with E-state index in [2.05, 4.69) is 18.7 Å². The third-order valence-electron chi connectivity index (χ3n) is 6.22. The molecule has 1 fully saturated rings. The van der Waals surface area contributed by atoms with Crippen molar-refractivity contribution in [2.24, 2.45) is 5.92 Å². The van der Waals surface area contributed by atoms with Crippen LogP contribution in [0.3, 0.4) is 0 Å². The average molecular weight is 389 g/mol. The number of carbonyl (C=O) groups is 2. The molecular weight excluding hydrogens is 360 g/mol. The first-order valence-corrected chi connectivity index (χ1v) is 10.4. The molecule has 2 heterocycles. The van der Waals surface area contributed by atoms with Crippen molar-refractivity contribution in [2.75, 3.05) is 13.1 Å². The van der Waals surface area contributed by atoms with E-state index in [1.165, 1.54) is 10.5 Å². The number of piperidine rings is 1. The minimum Gasteiger partial charge on any atom is -0.366 e. The molecule has 0 aromatic heterocycles. The number of hydrogen-bond acceptors (Lipinski definition) is 3. The van der Waals surface area contributed by atoms with Gasteiger partial charge < -0.3 is 4.90 Å². The molecule has 0 bridgehead atoms. The van der Waals surface area contributed by atoms with E-state index in [9.17, 15) is 9.59 Å². The molecule has 0 aliphatic carbocycles. The van der Waals surface area contributed by atoms with Crippen LogP contribution in [0.15, 0.2) is 54.2 Å². The molecule has 0 N–H and O–H groups in total.